The fourth-order valence-corrected chi connectivity index (χ4v) is 2.38. The molecule has 0 aromatic heterocycles. The van der Waals surface area contributed by atoms with Gasteiger partial charge >= 0.3 is 5.97 Å². The van der Waals surface area contributed by atoms with Crippen molar-refractivity contribution in [2.24, 2.45) is 11.5 Å². The van der Waals surface area contributed by atoms with Gasteiger partial charge < -0.3 is 21.5 Å². The summed E-state index contributed by atoms with van der Waals surface area (Å²) in [7, 11) is 0. The highest BCUT2D eigenvalue weighted by Crippen LogP contribution is 2.15. The first-order chi connectivity index (χ1) is 12.8. The number of unbranched alkanes of at least 4 members (excludes halogenated alkanes) is 1. The number of ether oxygens (including phenoxy) is 1. The van der Waals surface area contributed by atoms with E-state index in [2.05, 4.69) is 5.32 Å². The van der Waals surface area contributed by atoms with E-state index in [9.17, 15) is 23.6 Å². The topological polar surface area (TPSA) is 142 Å². The number of aryl methyl sites for hydroxylation is 1. The SMILES string of the molecule is NC(=O)CCCCc1ccc(COC(=O)[C@H](CCC(N)=O)NC=O)c(F)c1. The Morgan fingerprint density at radius 1 is 1.15 bits per heavy atom. The van der Waals surface area contributed by atoms with Crippen molar-refractivity contribution in [1.82, 2.24) is 5.32 Å². The summed E-state index contributed by atoms with van der Waals surface area (Å²) in [4.78, 5) is 44.0. The van der Waals surface area contributed by atoms with Crippen molar-refractivity contribution in [3.63, 3.8) is 0 Å². The van der Waals surface area contributed by atoms with E-state index in [0.29, 0.717) is 32.1 Å². The number of hydrogen-bond acceptors (Lipinski definition) is 5. The quantitative estimate of drug-likeness (QED) is 0.258. The Labute approximate surface area is 156 Å². The Kier molecular flexibility index (Phi) is 9.49. The van der Waals surface area contributed by atoms with E-state index in [0.717, 1.165) is 5.56 Å². The van der Waals surface area contributed by atoms with Crippen LogP contribution in [0.1, 0.15) is 43.2 Å². The van der Waals surface area contributed by atoms with E-state index in [1.165, 1.54) is 12.1 Å². The van der Waals surface area contributed by atoms with Gasteiger partial charge in [0, 0.05) is 18.4 Å². The monoisotopic (exact) mass is 381 g/mol. The summed E-state index contributed by atoms with van der Waals surface area (Å²) in [5, 5.41) is 2.24. The fourth-order valence-electron chi connectivity index (χ4n) is 2.38. The van der Waals surface area contributed by atoms with Gasteiger partial charge in [0.05, 0.1) is 0 Å². The average molecular weight is 381 g/mol. The van der Waals surface area contributed by atoms with E-state index in [4.69, 9.17) is 16.2 Å². The predicted molar refractivity (Wildman–Crippen MR) is 94.4 cm³/mol. The molecule has 0 aliphatic rings. The normalized spacial score (nSPS) is 11.4. The van der Waals surface area contributed by atoms with Crippen molar-refractivity contribution >= 4 is 24.2 Å². The van der Waals surface area contributed by atoms with Crippen LogP contribution in [0.15, 0.2) is 18.2 Å². The van der Waals surface area contributed by atoms with Gasteiger partial charge in [-0.15, -0.1) is 0 Å². The molecule has 9 heteroatoms. The van der Waals surface area contributed by atoms with Crippen molar-refractivity contribution in [2.75, 3.05) is 0 Å². The van der Waals surface area contributed by atoms with Gasteiger partial charge in [-0.05, 0) is 37.3 Å². The van der Waals surface area contributed by atoms with E-state index < -0.39 is 23.7 Å². The molecule has 0 heterocycles. The molecule has 5 N–H and O–H groups in total. The lowest BCUT2D eigenvalue weighted by Crippen LogP contribution is -2.38. The smallest absolute Gasteiger partial charge is 0.328 e. The number of rotatable bonds is 13. The maximum atomic E-state index is 14.1. The zero-order chi connectivity index (χ0) is 20.2. The Morgan fingerprint density at radius 3 is 2.44 bits per heavy atom. The molecule has 1 rings (SSSR count). The molecule has 0 fully saturated rings. The summed E-state index contributed by atoms with van der Waals surface area (Å²) in [6.07, 6.45) is 2.45. The number of carbonyl (C=O) groups is 4. The summed E-state index contributed by atoms with van der Waals surface area (Å²) in [6, 6.07) is 3.55. The molecule has 27 heavy (non-hydrogen) atoms. The maximum Gasteiger partial charge on any atom is 0.328 e. The van der Waals surface area contributed by atoms with Crippen LogP contribution >= 0.6 is 0 Å². The number of primary amides is 2. The van der Waals surface area contributed by atoms with Crippen LogP contribution in [0.4, 0.5) is 4.39 Å². The van der Waals surface area contributed by atoms with Gasteiger partial charge in [0.25, 0.3) is 0 Å². The largest absolute Gasteiger partial charge is 0.459 e. The molecule has 0 saturated carbocycles. The number of hydrogen-bond donors (Lipinski definition) is 3. The van der Waals surface area contributed by atoms with E-state index in [-0.39, 0.29) is 30.9 Å². The van der Waals surface area contributed by atoms with Crippen molar-refractivity contribution < 1.29 is 28.3 Å². The Balaban J connectivity index is 2.54. The van der Waals surface area contributed by atoms with Crippen LogP contribution in [-0.4, -0.2) is 30.2 Å². The number of amides is 3. The first-order valence-corrected chi connectivity index (χ1v) is 8.53. The Hall–Kier alpha value is -2.97. The molecule has 0 spiro atoms. The number of nitrogens with one attached hydrogen (secondary N) is 1. The van der Waals surface area contributed by atoms with Gasteiger partial charge in [-0.2, -0.15) is 0 Å². The number of esters is 1. The Morgan fingerprint density at radius 2 is 1.85 bits per heavy atom. The molecule has 0 radical (unpaired) electrons. The number of carbonyl (C=O) groups excluding carboxylic acids is 4. The molecule has 8 nitrogen and oxygen atoms in total. The van der Waals surface area contributed by atoms with Crippen LogP contribution < -0.4 is 16.8 Å². The molecular formula is C18H24FN3O5. The van der Waals surface area contributed by atoms with E-state index >= 15 is 0 Å². The maximum absolute atomic E-state index is 14.1. The molecule has 148 valence electrons. The third kappa shape index (κ3) is 8.80. The van der Waals surface area contributed by atoms with Crippen LogP contribution in [-0.2, 0) is 36.9 Å². The minimum atomic E-state index is -1.03. The molecule has 1 aromatic rings. The highest BCUT2D eigenvalue weighted by Gasteiger charge is 2.20. The van der Waals surface area contributed by atoms with Crippen LogP contribution in [0.3, 0.4) is 0 Å². The van der Waals surface area contributed by atoms with Gasteiger partial charge in [0.2, 0.25) is 18.2 Å². The fraction of sp³-hybridized carbons (Fsp3) is 0.444. The summed E-state index contributed by atoms with van der Waals surface area (Å²) in [6.45, 7) is -0.305. The summed E-state index contributed by atoms with van der Waals surface area (Å²) in [5.74, 6) is -2.28. The minimum Gasteiger partial charge on any atom is -0.459 e. The minimum absolute atomic E-state index is 0.000368. The average Bonchev–Trinajstić information content (AvgIpc) is 2.61. The molecule has 1 aromatic carbocycles. The molecule has 0 aliphatic heterocycles. The second-order valence-electron chi connectivity index (χ2n) is 6.05. The second kappa shape index (κ2) is 11.6. The summed E-state index contributed by atoms with van der Waals surface area (Å²) < 4.78 is 19.2. The third-order valence-electron chi connectivity index (χ3n) is 3.86. The highest BCUT2D eigenvalue weighted by molar-refractivity contribution is 5.80. The van der Waals surface area contributed by atoms with Crippen molar-refractivity contribution in [2.45, 2.75) is 51.2 Å². The summed E-state index contributed by atoms with van der Waals surface area (Å²) >= 11 is 0. The standard InChI is InChI=1S/C18H24FN3O5/c19-14-9-12(3-1-2-4-16(20)24)5-6-13(14)10-27-18(26)15(22-11-23)7-8-17(21)25/h5-6,9,11,15H,1-4,7-8,10H2,(H2,20,24)(H2,21,25)(H,22,23)/t15-/m0/s1. The predicted octanol–water partition coefficient (Wildman–Crippen LogP) is 0.447. The van der Waals surface area contributed by atoms with Crippen LogP contribution in [0.2, 0.25) is 0 Å². The molecule has 0 saturated heterocycles. The lowest BCUT2D eigenvalue weighted by atomic mass is 10.0. The molecule has 0 unspecified atom stereocenters. The van der Waals surface area contributed by atoms with Gasteiger partial charge in [-0.1, -0.05) is 12.1 Å². The van der Waals surface area contributed by atoms with Crippen molar-refractivity contribution in [1.29, 1.82) is 0 Å². The summed E-state index contributed by atoms with van der Waals surface area (Å²) in [5.41, 5.74) is 11.0. The Bertz CT molecular complexity index is 681. The lowest BCUT2D eigenvalue weighted by Gasteiger charge is -2.15. The molecule has 0 bridgehead atoms. The zero-order valence-electron chi connectivity index (χ0n) is 14.9. The van der Waals surface area contributed by atoms with Gasteiger partial charge in [-0.25, -0.2) is 9.18 Å². The van der Waals surface area contributed by atoms with E-state index in [1.54, 1.807) is 6.07 Å². The van der Waals surface area contributed by atoms with E-state index in [1.807, 2.05) is 0 Å². The van der Waals surface area contributed by atoms with Gasteiger partial charge in [0.15, 0.2) is 0 Å². The number of nitrogens with two attached hydrogens (primary N) is 2. The molecule has 1 atom stereocenters. The zero-order valence-corrected chi connectivity index (χ0v) is 14.9. The highest BCUT2D eigenvalue weighted by atomic mass is 19.1. The lowest BCUT2D eigenvalue weighted by molar-refractivity contribution is -0.148. The van der Waals surface area contributed by atoms with Gasteiger partial charge in [0.1, 0.15) is 18.5 Å². The number of halogens is 1. The van der Waals surface area contributed by atoms with Crippen LogP contribution in [0, 0.1) is 5.82 Å². The first kappa shape index (κ1) is 22.1. The third-order valence-corrected chi connectivity index (χ3v) is 3.86. The molecule has 0 aliphatic carbocycles. The van der Waals surface area contributed by atoms with Crippen molar-refractivity contribution in [3.8, 4) is 0 Å². The second-order valence-corrected chi connectivity index (χ2v) is 6.05. The molecule has 3 amide bonds. The molecular weight excluding hydrogens is 357 g/mol. The first-order valence-electron chi connectivity index (χ1n) is 8.53. The van der Waals surface area contributed by atoms with Crippen LogP contribution in [0.25, 0.3) is 0 Å². The number of benzene rings is 1. The van der Waals surface area contributed by atoms with Crippen molar-refractivity contribution in [3.05, 3.63) is 35.1 Å². The van der Waals surface area contributed by atoms with Gasteiger partial charge in [-0.3, -0.25) is 14.4 Å². The van der Waals surface area contributed by atoms with Crippen LogP contribution in [0.5, 0.6) is 0 Å².